The molecule has 0 heterocycles. The molecule has 0 spiro atoms. The third kappa shape index (κ3) is 1.90. The van der Waals surface area contributed by atoms with Gasteiger partial charge in [0.05, 0.1) is 0 Å². The number of hydrogen-bond acceptors (Lipinski definition) is 1. The second-order valence-electron chi connectivity index (χ2n) is 5.58. The van der Waals surface area contributed by atoms with E-state index in [1.54, 1.807) is 6.42 Å². The Kier molecular flexibility index (Phi) is 2.39. The summed E-state index contributed by atoms with van der Waals surface area (Å²) in [7, 11) is 4.48. The quantitative estimate of drug-likeness (QED) is 0.601. The molecule has 0 N–H and O–H groups in total. The minimum atomic E-state index is 0.494. The van der Waals surface area contributed by atoms with Crippen molar-refractivity contribution in [3.8, 4) is 0 Å². The van der Waals surface area contributed by atoms with Crippen LogP contribution in [-0.4, -0.2) is 24.5 Å². The van der Waals surface area contributed by atoms with Crippen LogP contribution in [0.2, 0.25) is 0 Å². The molecule has 0 aromatic heterocycles. The van der Waals surface area contributed by atoms with Gasteiger partial charge in [0, 0.05) is 5.54 Å². The molecule has 0 aromatic rings. The Morgan fingerprint density at radius 3 is 2.46 bits per heavy atom. The topological polar surface area (TPSA) is 3.24 Å². The highest BCUT2D eigenvalue weighted by atomic mass is 15.1. The van der Waals surface area contributed by atoms with Crippen LogP contribution >= 0.6 is 0 Å². The molecule has 2 fully saturated rings. The molecule has 13 heavy (non-hydrogen) atoms. The summed E-state index contributed by atoms with van der Waals surface area (Å²) in [5.41, 5.74) is 0.494. The predicted octanol–water partition coefficient (Wildman–Crippen LogP) is 2.91. The normalized spacial score (nSPS) is 45.2. The molecule has 0 amide bonds. The van der Waals surface area contributed by atoms with Gasteiger partial charge in [0.15, 0.2) is 0 Å². The van der Waals surface area contributed by atoms with Gasteiger partial charge in [-0.15, -0.1) is 0 Å². The zero-order chi connectivity index (χ0) is 9.47. The monoisotopic (exact) mass is 181 g/mol. The zero-order valence-electron chi connectivity index (χ0n) is 9.34. The highest BCUT2D eigenvalue weighted by Gasteiger charge is 2.40. The first-order chi connectivity index (χ1) is 6.12. The molecule has 2 aliphatic rings. The maximum atomic E-state index is 2.44. The fourth-order valence-electron chi connectivity index (χ4n) is 2.83. The molecule has 1 heteroatoms. The van der Waals surface area contributed by atoms with Crippen molar-refractivity contribution < 1.29 is 0 Å². The molecule has 0 radical (unpaired) electrons. The van der Waals surface area contributed by atoms with Crippen LogP contribution in [0.5, 0.6) is 0 Å². The summed E-state index contributed by atoms with van der Waals surface area (Å²) < 4.78 is 0. The Hall–Kier alpha value is -0.0400. The van der Waals surface area contributed by atoms with Gasteiger partial charge in [-0.1, -0.05) is 12.8 Å². The molecule has 3 unspecified atom stereocenters. The van der Waals surface area contributed by atoms with E-state index in [2.05, 4.69) is 25.9 Å². The molecule has 2 saturated carbocycles. The molecular weight excluding hydrogens is 158 g/mol. The van der Waals surface area contributed by atoms with Gasteiger partial charge in [0.1, 0.15) is 0 Å². The van der Waals surface area contributed by atoms with E-state index < -0.39 is 0 Å². The van der Waals surface area contributed by atoms with Gasteiger partial charge in [-0.2, -0.15) is 0 Å². The third-order valence-corrected chi connectivity index (χ3v) is 4.49. The van der Waals surface area contributed by atoms with Gasteiger partial charge in [-0.25, -0.2) is 0 Å². The van der Waals surface area contributed by atoms with E-state index in [0.29, 0.717) is 5.54 Å². The lowest BCUT2D eigenvalue weighted by atomic mass is 9.85. The minimum absolute atomic E-state index is 0.494. The van der Waals surface area contributed by atoms with E-state index in [9.17, 15) is 0 Å². The third-order valence-electron chi connectivity index (χ3n) is 4.49. The maximum Gasteiger partial charge on any atom is 0.0175 e. The van der Waals surface area contributed by atoms with Crippen LogP contribution in [-0.2, 0) is 0 Å². The number of rotatable bonds is 1. The molecule has 1 nitrogen and oxygen atoms in total. The molecular formula is C12H23N. The van der Waals surface area contributed by atoms with E-state index >= 15 is 0 Å². The maximum absolute atomic E-state index is 2.44. The van der Waals surface area contributed by atoms with E-state index in [-0.39, 0.29) is 0 Å². The van der Waals surface area contributed by atoms with Crippen molar-refractivity contribution in [2.75, 3.05) is 14.1 Å². The Labute approximate surface area is 82.5 Å². The first kappa shape index (κ1) is 9.51. The second kappa shape index (κ2) is 3.27. The Morgan fingerprint density at radius 1 is 1.08 bits per heavy atom. The average molecular weight is 181 g/mol. The predicted molar refractivity (Wildman–Crippen MR) is 56.8 cm³/mol. The molecule has 2 rings (SSSR count). The van der Waals surface area contributed by atoms with Crippen molar-refractivity contribution in [2.24, 2.45) is 11.8 Å². The van der Waals surface area contributed by atoms with Crippen molar-refractivity contribution in [1.82, 2.24) is 4.90 Å². The summed E-state index contributed by atoms with van der Waals surface area (Å²) in [4.78, 5) is 2.44. The highest BCUT2D eigenvalue weighted by molar-refractivity contribution is 4.93. The lowest BCUT2D eigenvalue weighted by molar-refractivity contribution is 0.131. The SMILES string of the molecule is CN(C)C1(C)CCCC2CC2CC1. The largest absolute Gasteiger partial charge is 0.304 e. The van der Waals surface area contributed by atoms with E-state index in [1.807, 2.05) is 0 Å². The fourth-order valence-corrected chi connectivity index (χ4v) is 2.83. The van der Waals surface area contributed by atoms with Gasteiger partial charge in [-0.05, 0) is 58.5 Å². The number of nitrogens with zero attached hydrogens (tertiary/aromatic N) is 1. The van der Waals surface area contributed by atoms with Crippen molar-refractivity contribution in [3.63, 3.8) is 0 Å². The van der Waals surface area contributed by atoms with Crippen LogP contribution in [0, 0.1) is 11.8 Å². The van der Waals surface area contributed by atoms with Gasteiger partial charge in [0.2, 0.25) is 0 Å². The van der Waals surface area contributed by atoms with Crippen molar-refractivity contribution >= 4 is 0 Å². The standard InChI is InChI=1S/C12H23N/c1-12(13(2)3)7-4-5-10-9-11(10)6-8-12/h10-11H,4-9H2,1-3H3. The molecule has 0 saturated heterocycles. The molecule has 2 aliphatic carbocycles. The molecule has 3 atom stereocenters. The van der Waals surface area contributed by atoms with Gasteiger partial charge >= 0.3 is 0 Å². The summed E-state index contributed by atoms with van der Waals surface area (Å²) >= 11 is 0. The second-order valence-corrected chi connectivity index (χ2v) is 5.58. The minimum Gasteiger partial charge on any atom is -0.304 e. The van der Waals surface area contributed by atoms with E-state index in [4.69, 9.17) is 0 Å². The summed E-state index contributed by atoms with van der Waals surface area (Å²) in [6.07, 6.45) is 8.82. The summed E-state index contributed by atoms with van der Waals surface area (Å²) in [6, 6.07) is 0. The van der Waals surface area contributed by atoms with Crippen molar-refractivity contribution in [3.05, 3.63) is 0 Å². The summed E-state index contributed by atoms with van der Waals surface area (Å²) in [5.74, 6) is 2.24. The number of fused-ring (bicyclic) bond motifs is 1. The molecule has 0 aliphatic heterocycles. The van der Waals surface area contributed by atoms with E-state index in [0.717, 1.165) is 11.8 Å². The average Bonchev–Trinajstić information content (AvgIpc) is 2.76. The molecule has 0 aromatic carbocycles. The van der Waals surface area contributed by atoms with Crippen LogP contribution in [0.4, 0.5) is 0 Å². The summed E-state index contributed by atoms with van der Waals surface area (Å²) in [5, 5.41) is 0. The highest BCUT2D eigenvalue weighted by Crippen LogP contribution is 2.49. The van der Waals surface area contributed by atoms with Crippen LogP contribution in [0.3, 0.4) is 0 Å². The first-order valence-corrected chi connectivity index (χ1v) is 5.79. The van der Waals surface area contributed by atoms with Crippen molar-refractivity contribution in [1.29, 1.82) is 0 Å². The number of hydrogen-bond donors (Lipinski definition) is 0. The van der Waals surface area contributed by atoms with E-state index in [1.165, 1.54) is 32.1 Å². The van der Waals surface area contributed by atoms with Crippen LogP contribution in [0.15, 0.2) is 0 Å². The summed E-state index contributed by atoms with van der Waals surface area (Å²) in [6.45, 7) is 2.44. The van der Waals surface area contributed by atoms with Gasteiger partial charge in [-0.3, -0.25) is 0 Å². The van der Waals surface area contributed by atoms with Gasteiger partial charge in [0.25, 0.3) is 0 Å². The van der Waals surface area contributed by atoms with Crippen LogP contribution < -0.4 is 0 Å². The Balaban J connectivity index is 1.96. The fraction of sp³-hybridized carbons (Fsp3) is 1.00. The Bertz CT molecular complexity index is 188. The Morgan fingerprint density at radius 2 is 1.77 bits per heavy atom. The lowest BCUT2D eigenvalue weighted by Gasteiger charge is -2.38. The van der Waals surface area contributed by atoms with Crippen molar-refractivity contribution in [2.45, 2.75) is 51.0 Å². The van der Waals surface area contributed by atoms with Gasteiger partial charge < -0.3 is 4.90 Å². The molecule has 0 bridgehead atoms. The lowest BCUT2D eigenvalue weighted by Crippen LogP contribution is -2.41. The zero-order valence-corrected chi connectivity index (χ0v) is 9.34. The first-order valence-electron chi connectivity index (χ1n) is 5.79. The van der Waals surface area contributed by atoms with Crippen LogP contribution in [0.25, 0.3) is 0 Å². The van der Waals surface area contributed by atoms with Crippen LogP contribution in [0.1, 0.15) is 45.4 Å². The molecule has 76 valence electrons. The smallest absolute Gasteiger partial charge is 0.0175 e.